The van der Waals surface area contributed by atoms with Gasteiger partial charge < -0.3 is 19.5 Å². The Morgan fingerprint density at radius 1 is 1.24 bits per heavy atom. The zero-order chi connectivity index (χ0) is 17.7. The van der Waals surface area contributed by atoms with Crippen LogP contribution in [0.2, 0.25) is 0 Å². The quantitative estimate of drug-likeness (QED) is 0.895. The third-order valence-electron chi connectivity index (χ3n) is 6.03. The Morgan fingerprint density at radius 3 is 2.68 bits per heavy atom. The molecule has 1 N–H and O–H groups in total. The molecule has 2 heterocycles. The Kier molecular flexibility index (Phi) is 4.04. The molecule has 6 nitrogen and oxygen atoms in total. The van der Waals surface area contributed by atoms with Crippen LogP contribution in [0.25, 0.3) is 11.0 Å². The van der Waals surface area contributed by atoms with Gasteiger partial charge in [0.25, 0.3) is 5.91 Å². The Labute approximate surface area is 148 Å². The maximum Gasteiger partial charge on any atom is 0.253 e. The fourth-order valence-corrected chi connectivity index (χ4v) is 4.58. The molecule has 0 unspecified atom stereocenters. The van der Waals surface area contributed by atoms with Crippen molar-refractivity contribution in [1.29, 1.82) is 0 Å². The molecular weight excluding hydrogens is 316 g/mol. The molecule has 1 aliphatic heterocycles. The second-order valence-electron chi connectivity index (χ2n) is 7.86. The van der Waals surface area contributed by atoms with Crippen LogP contribution >= 0.6 is 0 Å². The molecule has 0 bridgehead atoms. The van der Waals surface area contributed by atoms with Crippen LogP contribution in [0.15, 0.2) is 24.5 Å². The fraction of sp³-hybridized carbons (Fsp3) is 0.579. The molecule has 0 radical (unpaired) electrons. The van der Waals surface area contributed by atoms with Crippen LogP contribution in [0.4, 0.5) is 0 Å². The Hall–Kier alpha value is -1.92. The molecule has 2 aromatic rings. The van der Waals surface area contributed by atoms with Crippen molar-refractivity contribution < 1.29 is 9.90 Å². The van der Waals surface area contributed by atoms with Gasteiger partial charge in [-0.25, -0.2) is 4.98 Å². The summed E-state index contributed by atoms with van der Waals surface area (Å²) in [7, 11) is 6.00. The second-order valence-corrected chi connectivity index (χ2v) is 7.86. The van der Waals surface area contributed by atoms with Gasteiger partial charge in [-0.05, 0) is 57.0 Å². The number of imidazole rings is 1. The molecule has 4 rings (SSSR count). The highest BCUT2D eigenvalue weighted by Crippen LogP contribution is 2.38. The number of likely N-dealkylation sites (N-methyl/N-ethyl adjacent to an activating group) is 1. The summed E-state index contributed by atoms with van der Waals surface area (Å²) in [4.78, 5) is 21.4. The van der Waals surface area contributed by atoms with E-state index in [1.807, 2.05) is 48.8 Å². The van der Waals surface area contributed by atoms with E-state index in [2.05, 4.69) is 9.88 Å². The maximum absolute atomic E-state index is 13.0. The molecule has 1 saturated carbocycles. The monoisotopic (exact) mass is 342 g/mol. The molecule has 25 heavy (non-hydrogen) atoms. The van der Waals surface area contributed by atoms with Crippen molar-refractivity contribution in [3.63, 3.8) is 0 Å². The van der Waals surface area contributed by atoms with Crippen molar-refractivity contribution in [2.24, 2.45) is 18.9 Å². The van der Waals surface area contributed by atoms with E-state index in [4.69, 9.17) is 0 Å². The summed E-state index contributed by atoms with van der Waals surface area (Å²) >= 11 is 0. The van der Waals surface area contributed by atoms with E-state index >= 15 is 0 Å². The number of fused-ring (bicyclic) bond motifs is 2. The van der Waals surface area contributed by atoms with Crippen LogP contribution < -0.4 is 0 Å². The van der Waals surface area contributed by atoms with Gasteiger partial charge in [0, 0.05) is 31.7 Å². The smallest absolute Gasteiger partial charge is 0.253 e. The first-order valence-electron chi connectivity index (χ1n) is 8.99. The van der Waals surface area contributed by atoms with Gasteiger partial charge >= 0.3 is 0 Å². The molecule has 6 heteroatoms. The number of amides is 1. The lowest BCUT2D eigenvalue weighted by atomic mass is 9.77. The molecule has 1 aliphatic carbocycles. The molecule has 1 aromatic carbocycles. The lowest BCUT2D eigenvalue weighted by Gasteiger charge is -2.38. The van der Waals surface area contributed by atoms with Gasteiger partial charge in [-0.1, -0.05) is 0 Å². The van der Waals surface area contributed by atoms with E-state index in [0.717, 1.165) is 37.0 Å². The predicted octanol–water partition coefficient (Wildman–Crippen LogP) is 1.35. The Balaban J connectivity index is 1.51. The minimum atomic E-state index is -0.295. The third-order valence-corrected chi connectivity index (χ3v) is 6.03. The number of nitrogens with zero attached hydrogens (tertiary/aromatic N) is 4. The van der Waals surface area contributed by atoms with Crippen LogP contribution in [-0.4, -0.2) is 69.7 Å². The SMILES string of the molecule is CN(C)[C@@H]1C[C@@H]2CN(C(=O)c3ccc4c(c3)ncn4C)C[C@@H]2C[C@H]1O. The van der Waals surface area contributed by atoms with Crippen LogP contribution in [0.5, 0.6) is 0 Å². The number of likely N-dealkylation sites (tertiary alicyclic amines) is 1. The van der Waals surface area contributed by atoms with Crippen molar-refractivity contribution >= 4 is 16.9 Å². The van der Waals surface area contributed by atoms with E-state index < -0.39 is 0 Å². The van der Waals surface area contributed by atoms with Crippen LogP contribution in [-0.2, 0) is 7.05 Å². The summed E-state index contributed by atoms with van der Waals surface area (Å²) < 4.78 is 1.96. The summed E-state index contributed by atoms with van der Waals surface area (Å²) in [6, 6.07) is 5.94. The van der Waals surface area contributed by atoms with Gasteiger partial charge in [-0.2, -0.15) is 0 Å². The topological polar surface area (TPSA) is 61.6 Å². The van der Waals surface area contributed by atoms with Gasteiger partial charge in [0.15, 0.2) is 0 Å². The standard InChI is InChI=1S/C19H26N4O2/c1-21(2)17-7-13-9-23(10-14(13)8-18(17)24)19(25)12-4-5-16-15(6-12)20-11-22(16)3/h4-6,11,13-14,17-18,24H,7-10H2,1-3H3/t13-,14+,17-,18-/m1/s1. The summed E-state index contributed by atoms with van der Waals surface area (Å²) in [5.41, 5.74) is 2.59. The van der Waals surface area contributed by atoms with E-state index in [1.165, 1.54) is 0 Å². The van der Waals surface area contributed by atoms with Crippen LogP contribution in [0.1, 0.15) is 23.2 Å². The minimum absolute atomic E-state index is 0.0813. The Morgan fingerprint density at radius 2 is 1.96 bits per heavy atom. The van der Waals surface area contributed by atoms with Gasteiger partial charge in [0.1, 0.15) is 0 Å². The van der Waals surface area contributed by atoms with Crippen molar-refractivity contribution in [3.05, 3.63) is 30.1 Å². The van der Waals surface area contributed by atoms with Gasteiger partial charge in [-0.15, -0.1) is 0 Å². The van der Waals surface area contributed by atoms with Crippen molar-refractivity contribution in [3.8, 4) is 0 Å². The highest BCUT2D eigenvalue weighted by atomic mass is 16.3. The lowest BCUT2D eigenvalue weighted by Crippen LogP contribution is -2.46. The number of carbonyl (C=O) groups is 1. The van der Waals surface area contributed by atoms with E-state index in [0.29, 0.717) is 17.4 Å². The molecule has 1 aromatic heterocycles. The fourth-order valence-electron chi connectivity index (χ4n) is 4.58. The summed E-state index contributed by atoms with van der Waals surface area (Å²) in [5.74, 6) is 0.977. The van der Waals surface area contributed by atoms with Crippen molar-refractivity contribution in [1.82, 2.24) is 19.4 Å². The van der Waals surface area contributed by atoms with E-state index in [1.54, 1.807) is 6.33 Å². The first-order valence-corrected chi connectivity index (χ1v) is 8.99. The third kappa shape index (κ3) is 2.83. The van der Waals surface area contributed by atoms with Crippen molar-refractivity contribution in [2.75, 3.05) is 27.2 Å². The highest BCUT2D eigenvalue weighted by molar-refractivity contribution is 5.97. The number of aryl methyl sites for hydroxylation is 1. The van der Waals surface area contributed by atoms with Crippen LogP contribution in [0, 0.1) is 11.8 Å². The first-order chi connectivity index (χ1) is 11.9. The normalized spacial score (nSPS) is 29.4. The molecule has 0 spiro atoms. The van der Waals surface area contributed by atoms with Gasteiger partial charge in [0.2, 0.25) is 0 Å². The maximum atomic E-state index is 13.0. The molecule has 4 atom stereocenters. The van der Waals surface area contributed by atoms with E-state index in [9.17, 15) is 9.90 Å². The number of aromatic nitrogens is 2. The van der Waals surface area contributed by atoms with Gasteiger partial charge in [0.05, 0.1) is 23.5 Å². The second kappa shape index (κ2) is 6.11. The van der Waals surface area contributed by atoms with E-state index in [-0.39, 0.29) is 18.1 Å². The lowest BCUT2D eigenvalue weighted by molar-refractivity contribution is 0.00940. The first kappa shape index (κ1) is 16.5. The molecular formula is C19H26N4O2. The van der Waals surface area contributed by atoms with Gasteiger partial charge in [-0.3, -0.25) is 4.79 Å². The minimum Gasteiger partial charge on any atom is -0.391 e. The largest absolute Gasteiger partial charge is 0.391 e. The Bertz CT molecular complexity index is 800. The molecule has 2 fully saturated rings. The predicted molar refractivity (Wildman–Crippen MR) is 96.3 cm³/mol. The van der Waals surface area contributed by atoms with Crippen LogP contribution in [0.3, 0.4) is 0 Å². The molecule has 2 aliphatic rings. The average Bonchev–Trinajstić information content (AvgIpc) is 3.16. The van der Waals surface area contributed by atoms with Crippen molar-refractivity contribution in [2.45, 2.75) is 25.0 Å². The summed E-state index contributed by atoms with van der Waals surface area (Å²) in [6.45, 7) is 1.54. The zero-order valence-corrected chi connectivity index (χ0v) is 15.1. The number of hydrogen-bond donors (Lipinski definition) is 1. The number of hydrogen-bond acceptors (Lipinski definition) is 4. The number of benzene rings is 1. The molecule has 1 amide bonds. The summed E-state index contributed by atoms with van der Waals surface area (Å²) in [6.07, 6.45) is 3.22. The number of aliphatic hydroxyl groups excluding tert-OH is 1. The number of aliphatic hydroxyl groups is 1. The highest BCUT2D eigenvalue weighted by Gasteiger charge is 2.43. The summed E-state index contributed by atoms with van der Waals surface area (Å²) in [5, 5.41) is 10.4. The zero-order valence-electron chi connectivity index (χ0n) is 15.1. The molecule has 134 valence electrons. The molecule has 1 saturated heterocycles. The number of rotatable bonds is 2. The average molecular weight is 342 g/mol. The number of carbonyl (C=O) groups excluding carboxylic acids is 1.